The molecule has 5 amide bonds. The Morgan fingerprint density at radius 3 is 2.55 bits per heavy atom. The van der Waals surface area contributed by atoms with Gasteiger partial charge < -0.3 is 16.0 Å². The van der Waals surface area contributed by atoms with Crippen LogP contribution >= 0.6 is 0 Å². The molecule has 3 aliphatic rings. The number of nitrogens with one attached hydrogen (secondary N) is 4. The summed E-state index contributed by atoms with van der Waals surface area (Å²) in [4.78, 5) is 36.3. The van der Waals surface area contributed by atoms with Crippen molar-refractivity contribution in [3.8, 4) is 0 Å². The number of benzene rings is 2. The van der Waals surface area contributed by atoms with Crippen molar-refractivity contribution in [2.45, 2.75) is 69.5 Å². The van der Waals surface area contributed by atoms with Crippen molar-refractivity contribution in [2.75, 3.05) is 0 Å². The molecule has 0 bridgehead atoms. The third-order valence-electron chi connectivity index (χ3n) is 7.63. The van der Waals surface area contributed by atoms with Gasteiger partial charge in [-0.15, -0.1) is 0 Å². The van der Waals surface area contributed by atoms with Gasteiger partial charge in [-0.1, -0.05) is 56.3 Å². The number of carbonyl (C=O) groups excluding carboxylic acids is 3. The van der Waals surface area contributed by atoms with Crippen molar-refractivity contribution >= 4 is 18.0 Å². The second-order valence-corrected chi connectivity index (χ2v) is 10.3. The van der Waals surface area contributed by atoms with Crippen LogP contribution in [-0.2, 0) is 22.3 Å². The topological polar surface area (TPSA) is 99.3 Å². The summed E-state index contributed by atoms with van der Waals surface area (Å²) in [5.41, 5.74) is 4.85. The molecule has 7 nitrogen and oxygen atoms in total. The zero-order valence-electron chi connectivity index (χ0n) is 19.2. The average Bonchev–Trinajstić information content (AvgIpc) is 3.26. The van der Waals surface area contributed by atoms with Gasteiger partial charge in [0.25, 0.3) is 5.91 Å². The van der Waals surface area contributed by atoms with Crippen molar-refractivity contribution in [1.29, 1.82) is 0 Å². The summed E-state index contributed by atoms with van der Waals surface area (Å²) in [6.07, 6.45) is 3.30. The summed E-state index contributed by atoms with van der Waals surface area (Å²) in [6, 6.07) is 13.2. The first kappa shape index (κ1) is 21.5. The lowest BCUT2D eigenvalue weighted by Gasteiger charge is -2.35. The normalized spacial score (nSPS) is 26.9. The monoisotopic (exact) mass is 446 g/mol. The summed E-state index contributed by atoms with van der Waals surface area (Å²) >= 11 is 0. The maximum atomic E-state index is 12.7. The molecule has 1 heterocycles. The molecule has 2 aromatic rings. The Hall–Kier alpha value is -3.35. The number of imide groups is 1. The van der Waals surface area contributed by atoms with E-state index in [1.165, 1.54) is 29.5 Å². The van der Waals surface area contributed by atoms with Gasteiger partial charge in [-0.2, -0.15) is 0 Å². The zero-order valence-corrected chi connectivity index (χ0v) is 19.2. The highest BCUT2D eigenvalue weighted by Crippen LogP contribution is 2.52. The van der Waals surface area contributed by atoms with E-state index >= 15 is 0 Å². The van der Waals surface area contributed by atoms with Crippen LogP contribution in [0.3, 0.4) is 0 Å². The smallest absolute Gasteiger partial charge is 0.322 e. The van der Waals surface area contributed by atoms with E-state index in [0.29, 0.717) is 18.0 Å². The molecule has 1 saturated heterocycles. The fraction of sp³-hybridized carbons (Fsp3) is 0.423. The Morgan fingerprint density at radius 1 is 1.09 bits per heavy atom. The number of amides is 5. The quantitative estimate of drug-likeness (QED) is 0.537. The molecule has 3 unspecified atom stereocenters. The summed E-state index contributed by atoms with van der Waals surface area (Å²) < 4.78 is 0. The molecule has 0 aromatic heterocycles. The van der Waals surface area contributed by atoms with Crippen LogP contribution in [0.2, 0.25) is 0 Å². The van der Waals surface area contributed by atoms with Crippen molar-refractivity contribution in [3.63, 3.8) is 0 Å². The van der Waals surface area contributed by atoms with Crippen molar-refractivity contribution in [1.82, 2.24) is 21.3 Å². The molecule has 1 fully saturated rings. The van der Waals surface area contributed by atoms with E-state index in [4.69, 9.17) is 0 Å². The molecule has 0 spiro atoms. The Labute approximate surface area is 193 Å². The van der Waals surface area contributed by atoms with E-state index in [-0.39, 0.29) is 23.4 Å². The van der Waals surface area contributed by atoms with Crippen molar-refractivity contribution in [2.24, 2.45) is 0 Å². The SMILES string of the molecule is CC1(C)CCC2CC(NC(=O)NCc3ccc(C4(C)NC(=O)NC4=O)cc3)c3cccc1c32. The molecule has 5 rings (SSSR count). The van der Waals surface area contributed by atoms with Gasteiger partial charge in [0.2, 0.25) is 0 Å². The Kier molecular flexibility index (Phi) is 4.96. The fourth-order valence-electron chi connectivity index (χ4n) is 5.62. The maximum absolute atomic E-state index is 12.7. The van der Waals surface area contributed by atoms with Gasteiger partial charge in [0.15, 0.2) is 0 Å². The number of rotatable bonds is 4. The third kappa shape index (κ3) is 3.65. The molecule has 7 heteroatoms. The minimum atomic E-state index is -1.08. The van der Waals surface area contributed by atoms with Crippen LogP contribution in [0, 0.1) is 0 Å². The molecule has 2 aromatic carbocycles. The Balaban J connectivity index is 1.22. The zero-order chi connectivity index (χ0) is 23.4. The van der Waals surface area contributed by atoms with Gasteiger partial charge in [0.1, 0.15) is 5.54 Å². The van der Waals surface area contributed by atoms with Crippen LogP contribution in [0.4, 0.5) is 9.59 Å². The average molecular weight is 447 g/mol. The van der Waals surface area contributed by atoms with Crippen molar-refractivity contribution in [3.05, 3.63) is 70.3 Å². The van der Waals surface area contributed by atoms with E-state index in [2.05, 4.69) is 53.3 Å². The molecule has 0 saturated carbocycles. The van der Waals surface area contributed by atoms with E-state index in [1.807, 2.05) is 12.1 Å². The lowest BCUT2D eigenvalue weighted by molar-refractivity contribution is -0.123. The summed E-state index contributed by atoms with van der Waals surface area (Å²) in [6.45, 7) is 6.66. The van der Waals surface area contributed by atoms with E-state index < -0.39 is 11.6 Å². The van der Waals surface area contributed by atoms with Gasteiger partial charge in [-0.3, -0.25) is 10.1 Å². The highest BCUT2D eigenvalue weighted by Gasteiger charge is 2.43. The number of carbonyl (C=O) groups is 3. The second kappa shape index (κ2) is 7.61. The lowest BCUT2D eigenvalue weighted by atomic mass is 9.69. The maximum Gasteiger partial charge on any atom is 0.322 e. The minimum Gasteiger partial charge on any atom is -0.334 e. The van der Waals surface area contributed by atoms with E-state index in [0.717, 1.165) is 12.0 Å². The van der Waals surface area contributed by atoms with E-state index in [1.54, 1.807) is 19.1 Å². The van der Waals surface area contributed by atoms with Gasteiger partial charge in [0.05, 0.1) is 6.04 Å². The van der Waals surface area contributed by atoms with E-state index in [9.17, 15) is 14.4 Å². The minimum absolute atomic E-state index is 0.0330. The lowest BCUT2D eigenvalue weighted by Crippen LogP contribution is -2.40. The third-order valence-corrected chi connectivity index (χ3v) is 7.63. The Morgan fingerprint density at radius 2 is 1.85 bits per heavy atom. The predicted octanol–water partition coefficient (Wildman–Crippen LogP) is 3.84. The molecule has 172 valence electrons. The van der Waals surface area contributed by atoms with Gasteiger partial charge in [-0.05, 0) is 65.3 Å². The largest absolute Gasteiger partial charge is 0.334 e. The molecule has 3 atom stereocenters. The molecular formula is C26H30N4O3. The summed E-state index contributed by atoms with van der Waals surface area (Å²) in [5.74, 6) is 0.153. The second-order valence-electron chi connectivity index (χ2n) is 10.3. The van der Waals surface area contributed by atoms with Crippen LogP contribution in [0.15, 0.2) is 42.5 Å². The highest BCUT2D eigenvalue weighted by atomic mass is 16.2. The van der Waals surface area contributed by atoms with Crippen LogP contribution < -0.4 is 21.3 Å². The Bertz CT molecular complexity index is 1140. The fourth-order valence-corrected chi connectivity index (χ4v) is 5.62. The molecule has 33 heavy (non-hydrogen) atoms. The van der Waals surface area contributed by atoms with Crippen molar-refractivity contribution < 1.29 is 14.4 Å². The van der Waals surface area contributed by atoms with Gasteiger partial charge in [0, 0.05) is 6.54 Å². The molecule has 1 aliphatic heterocycles. The molecule has 0 radical (unpaired) electrons. The first-order valence-corrected chi connectivity index (χ1v) is 11.6. The number of hydrogen-bond donors (Lipinski definition) is 4. The van der Waals surface area contributed by atoms with Crippen LogP contribution in [-0.4, -0.2) is 18.0 Å². The van der Waals surface area contributed by atoms with Gasteiger partial charge >= 0.3 is 12.1 Å². The summed E-state index contributed by atoms with van der Waals surface area (Å²) in [5, 5.41) is 11.0. The standard InChI is InChI=1S/C26H30N4O3/c1-25(2)12-11-16-13-20(18-5-4-6-19(25)21(16)18)28-23(32)27-14-15-7-9-17(10-8-15)26(3)22(31)29-24(33)30-26/h4-10,16,20H,11-14H2,1-3H3,(H2,27,28,32)(H2,29,30,31,33). The van der Waals surface area contributed by atoms with Crippen LogP contribution in [0.1, 0.15) is 79.8 Å². The summed E-state index contributed by atoms with van der Waals surface area (Å²) in [7, 11) is 0. The van der Waals surface area contributed by atoms with Gasteiger partial charge in [-0.25, -0.2) is 9.59 Å². The highest BCUT2D eigenvalue weighted by molar-refractivity contribution is 6.07. The molecule has 4 N–H and O–H groups in total. The molecular weight excluding hydrogens is 416 g/mol. The first-order valence-electron chi connectivity index (χ1n) is 11.6. The number of urea groups is 2. The molecule has 2 aliphatic carbocycles. The first-order chi connectivity index (χ1) is 15.7. The van der Waals surface area contributed by atoms with Crippen LogP contribution in [0.5, 0.6) is 0 Å². The number of hydrogen-bond acceptors (Lipinski definition) is 3. The predicted molar refractivity (Wildman–Crippen MR) is 125 cm³/mol. The van der Waals surface area contributed by atoms with Crippen LogP contribution in [0.25, 0.3) is 0 Å².